The predicted octanol–water partition coefficient (Wildman–Crippen LogP) is 3.54. The van der Waals surface area contributed by atoms with Gasteiger partial charge in [-0.3, -0.25) is 0 Å². The Balaban J connectivity index is 2.95. The Morgan fingerprint density at radius 3 is 2.60 bits per heavy atom. The first-order valence-electron chi connectivity index (χ1n) is 5.26. The number of rotatable bonds is 4. The smallest absolute Gasteiger partial charge is 0.124 e. The monoisotopic (exact) mass is 227 g/mol. The molecule has 0 saturated heterocycles. The molecule has 0 aliphatic rings. The summed E-state index contributed by atoms with van der Waals surface area (Å²) in [5.41, 5.74) is 6.82. The van der Waals surface area contributed by atoms with Crippen LogP contribution < -0.4 is 10.5 Å². The topological polar surface area (TPSA) is 35.2 Å². The predicted molar refractivity (Wildman–Crippen MR) is 64.4 cm³/mol. The van der Waals surface area contributed by atoms with Crippen molar-refractivity contribution in [1.29, 1.82) is 0 Å². The molecule has 0 aliphatic heterocycles. The molecule has 3 heteroatoms. The minimum Gasteiger partial charge on any atom is -0.490 e. The van der Waals surface area contributed by atoms with Crippen LogP contribution in [0.25, 0.3) is 0 Å². The molecule has 2 unspecified atom stereocenters. The molecule has 0 heterocycles. The van der Waals surface area contributed by atoms with Crippen LogP contribution in [0.3, 0.4) is 0 Å². The molecular weight excluding hydrogens is 210 g/mol. The van der Waals surface area contributed by atoms with Crippen LogP contribution in [0.5, 0.6) is 5.75 Å². The summed E-state index contributed by atoms with van der Waals surface area (Å²) < 4.78 is 5.77. The Hall–Kier alpha value is -0.730. The number of benzene rings is 1. The first-order chi connectivity index (χ1) is 7.04. The molecule has 15 heavy (non-hydrogen) atoms. The van der Waals surface area contributed by atoms with Gasteiger partial charge in [0, 0.05) is 16.6 Å². The van der Waals surface area contributed by atoms with Gasteiger partial charge >= 0.3 is 0 Å². The molecule has 0 bridgehead atoms. The molecule has 0 saturated carbocycles. The first-order valence-corrected chi connectivity index (χ1v) is 5.64. The number of halogens is 1. The van der Waals surface area contributed by atoms with Gasteiger partial charge in [0.25, 0.3) is 0 Å². The minimum absolute atomic E-state index is 0.0669. The van der Waals surface area contributed by atoms with E-state index in [4.69, 9.17) is 22.1 Å². The van der Waals surface area contributed by atoms with Gasteiger partial charge in [0.2, 0.25) is 0 Å². The first kappa shape index (κ1) is 12.3. The van der Waals surface area contributed by atoms with Crippen molar-refractivity contribution < 1.29 is 4.74 Å². The molecule has 1 rings (SSSR count). The second-order valence-corrected chi connectivity index (χ2v) is 4.24. The quantitative estimate of drug-likeness (QED) is 0.854. The van der Waals surface area contributed by atoms with Crippen molar-refractivity contribution >= 4 is 11.6 Å². The average Bonchev–Trinajstić information content (AvgIpc) is 2.20. The Bertz CT molecular complexity index is 325. The van der Waals surface area contributed by atoms with Crippen molar-refractivity contribution in [2.45, 2.75) is 39.3 Å². The number of hydrogen-bond donors (Lipinski definition) is 1. The molecule has 0 aliphatic carbocycles. The molecule has 1 aromatic rings. The second-order valence-electron chi connectivity index (χ2n) is 3.81. The van der Waals surface area contributed by atoms with E-state index in [9.17, 15) is 0 Å². The standard InChI is InChI=1S/C12H18ClNO/c1-4-8(2)15-12-6-5-10(13)7-11(12)9(3)14/h5-9H,4,14H2,1-3H3. The molecule has 2 atom stereocenters. The van der Waals surface area contributed by atoms with Crippen molar-refractivity contribution in [3.8, 4) is 5.75 Å². The molecular formula is C12H18ClNO. The highest BCUT2D eigenvalue weighted by atomic mass is 35.5. The summed E-state index contributed by atoms with van der Waals surface area (Å²) in [6.07, 6.45) is 1.17. The van der Waals surface area contributed by atoms with E-state index < -0.39 is 0 Å². The summed E-state index contributed by atoms with van der Waals surface area (Å²) in [6.45, 7) is 6.06. The Labute approximate surface area is 96.4 Å². The van der Waals surface area contributed by atoms with Crippen LogP contribution >= 0.6 is 11.6 Å². The van der Waals surface area contributed by atoms with Crippen molar-refractivity contribution in [3.05, 3.63) is 28.8 Å². The normalized spacial score (nSPS) is 14.7. The fourth-order valence-corrected chi connectivity index (χ4v) is 1.46. The molecule has 0 aromatic heterocycles. The van der Waals surface area contributed by atoms with Gasteiger partial charge < -0.3 is 10.5 Å². The van der Waals surface area contributed by atoms with E-state index in [1.807, 2.05) is 32.0 Å². The highest BCUT2D eigenvalue weighted by Crippen LogP contribution is 2.28. The lowest BCUT2D eigenvalue weighted by Crippen LogP contribution is -2.14. The van der Waals surface area contributed by atoms with Crippen molar-refractivity contribution in [2.24, 2.45) is 5.73 Å². The van der Waals surface area contributed by atoms with Crippen LogP contribution in [-0.4, -0.2) is 6.10 Å². The van der Waals surface area contributed by atoms with Crippen LogP contribution in [0, 0.1) is 0 Å². The van der Waals surface area contributed by atoms with E-state index in [1.165, 1.54) is 0 Å². The van der Waals surface area contributed by atoms with E-state index in [-0.39, 0.29) is 12.1 Å². The van der Waals surface area contributed by atoms with E-state index in [2.05, 4.69) is 6.92 Å². The molecule has 2 nitrogen and oxygen atoms in total. The molecule has 0 radical (unpaired) electrons. The lowest BCUT2D eigenvalue weighted by atomic mass is 10.1. The van der Waals surface area contributed by atoms with Gasteiger partial charge in [0.15, 0.2) is 0 Å². The van der Waals surface area contributed by atoms with Crippen molar-refractivity contribution in [1.82, 2.24) is 0 Å². The van der Waals surface area contributed by atoms with Gasteiger partial charge in [0.05, 0.1) is 6.10 Å². The number of nitrogens with two attached hydrogens (primary N) is 1. The zero-order chi connectivity index (χ0) is 11.4. The molecule has 0 fully saturated rings. The zero-order valence-corrected chi connectivity index (χ0v) is 10.2. The third-order valence-corrected chi connectivity index (χ3v) is 2.60. The largest absolute Gasteiger partial charge is 0.490 e. The fraction of sp³-hybridized carbons (Fsp3) is 0.500. The SMILES string of the molecule is CCC(C)Oc1ccc(Cl)cc1C(C)N. The lowest BCUT2D eigenvalue weighted by molar-refractivity contribution is 0.214. The third-order valence-electron chi connectivity index (χ3n) is 2.37. The van der Waals surface area contributed by atoms with Crippen molar-refractivity contribution in [2.75, 3.05) is 0 Å². The number of ether oxygens (including phenoxy) is 1. The van der Waals surface area contributed by atoms with Crippen LogP contribution in [0.2, 0.25) is 5.02 Å². The summed E-state index contributed by atoms with van der Waals surface area (Å²) in [6, 6.07) is 5.50. The highest BCUT2D eigenvalue weighted by Gasteiger charge is 2.10. The molecule has 2 N–H and O–H groups in total. The van der Waals surface area contributed by atoms with Crippen LogP contribution in [0.1, 0.15) is 38.8 Å². The summed E-state index contributed by atoms with van der Waals surface area (Å²) in [7, 11) is 0. The van der Waals surface area contributed by atoms with E-state index in [1.54, 1.807) is 0 Å². The fourth-order valence-electron chi connectivity index (χ4n) is 1.28. The Kier molecular flexibility index (Phi) is 4.43. The van der Waals surface area contributed by atoms with Gasteiger partial charge in [-0.2, -0.15) is 0 Å². The average molecular weight is 228 g/mol. The Morgan fingerprint density at radius 2 is 2.07 bits per heavy atom. The third kappa shape index (κ3) is 3.40. The zero-order valence-electron chi connectivity index (χ0n) is 9.46. The molecule has 1 aromatic carbocycles. The van der Waals surface area contributed by atoms with Crippen molar-refractivity contribution in [3.63, 3.8) is 0 Å². The van der Waals surface area contributed by atoms with Gasteiger partial charge in [-0.1, -0.05) is 18.5 Å². The van der Waals surface area contributed by atoms with Gasteiger partial charge in [-0.25, -0.2) is 0 Å². The van der Waals surface area contributed by atoms with Crippen LogP contribution in [-0.2, 0) is 0 Å². The summed E-state index contributed by atoms with van der Waals surface area (Å²) in [4.78, 5) is 0. The van der Waals surface area contributed by atoms with Gasteiger partial charge in [-0.05, 0) is 38.5 Å². The van der Waals surface area contributed by atoms with Gasteiger partial charge in [-0.15, -0.1) is 0 Å². The minimum atomic E-state index is -0.0669. The van der Waals surface area contributed by atoms with E-state index in [0.717, 1.165) is 17.7 Å². The highest BCUT2D eigenvalue weighted by molar-refractivity contribution is 6.30. The number of hydrogen-bond acceptors (Lipinski definition) is 2. The van der Waals surface area contributed by atoms with Gasteiger partial charge in [0.1, 0.15) is 5.75 Å². The molecule has 0 amide bonds. The summed E-state index contributed by atoms with van der Waals surface area (Å²) >= 11 is 5.92. The second kappa shape index (κ2) is 5.38. The maximum absolute atomic E-state index is 5.92. The Morgan fingerprint density at radius 1 is 1.40 bits per heavy atom. The summed E-state index contributed by atoms with van der Waals surface area (Å²) in [5.74, 6) is 0.837. The maximum Gasteiger partial charge on any atom is 0.124 e. The van der Waals surface area contributed by atoms with E-state index in [0.29, 0.717) is 5.02 Å². The maximum atomic E-state index is 5.92. The molecule has 0 spiro atoms. The lowest BCUT2D eigenvalue weighted by Gasteiger charge is -2.18. The molecule has 84 valence electrons. The van der Waals surface area contributed by atoms with E-state index >= 15 is 0 Å². The summed E-state index contributed by atoms with van der Waals surface area (Å²) in [5, 5.41) is 0.693. The van der Waals surface area contributed by atoms with Crippen LogP contribution in [0.15, 0.2) is 18.2 Å². The van der Waals surface area contributed by atoms with Crippen LogP contribution in [0.4, 0.5) is 0 Å².